The molecule has 0 amide bonds. The van der Waals surface area contributed by atoms with Gasteiger partial charge in [0.25, 0.3) is 0 Å². The van der Waals surface area contributed by atoms with E-state index in [1.807, 2.05) is 7.05 Å². The maximum atomic E-state index is 4.78. The number of pyridine rings is 1. The summed E-state index contributed by atoms with van der Waals surface area (Å²) in [4.78, 5) is 7.13. The number of hydrogen-bond donors (Lipinski definition) is 1. The standard InChI is InChI=1S/C17H25N3/c1-6-20(7-2)13-8-9-15-14(10-13)17(18-5)11-16(19-15)12(3)4/h8-12H,6-7H2,1-5H3,(H,18,19). The van der Waals surface area contributed by atoms with Crippen LogP contribution in [0.4, 0.5) is 11.4 Å². The van der Waals surface area contributed by atoms with Crippen LogP contribution in [0.15, 0.2) is 24.3 Å². The molecule has 1 aromatic carbocycles. The molecule has 0 aliphatic heterocycles. The van der Waals surface area contributed by atoms with Gasteiger partial charge in [0.05, 0.1) is 5.52 Å². The highest BCUT2D eigenvalue weighted by Gasteiger charge is 2.10. The van der Waals surface area contributed by atoms with Crippen molar-refractivity contribution in [3.05, 3.63) is 30.0 Å². The molecule has 0 saturated heterocycles. The smallest absolute Gasteiger partial charge is 0.0727 e. The number of rotatable bonds is 5. The molecular formula is C17H25N3. The fourth-order valence-electron chi connectivity index (χ4n) is 2.52. The zero-order valence-corrected chi connectivity index (χ0v) is 13.2. The molecule has 0 radical (unpaired) electrons. The number of nitrogens with one attached hydrogen (secondary N) is 1. The maximum absolute atomic E-state index is 4.78. The summed E-state index contributed by atoms with van der Waals surface area (Å²) in [6, 6.07) is 8.71. The summed E-state index contributed by atoms with van der Waals surface area (Å²) in [6.07, 6.45) is 0. The molecule has 3 heteroatoms. The van der Waals surface area contributed by atoms with E-state index in [4.69, 9.17) is 4.98 Å². The Morgan fingerprint density at radius 2 is 1.85 bits per heavy atom. The predicted octanol–water partition coefficient (Wildman–Crippen LogP) is 4.25. The minimum Gasteiger partial charge on any atom is -0.388 e. The highest BCUT2D eigenvalue weighted by atomic mass is 15.1. The Morgan fingerprint density at radius 1 is 1.15 bits per heavy atom. The molecule has 0 atom stereocenters. The van der Waals surface area contributed by atoms with Crippen LogP contribution in [0.2, 0.25) is 0 Å². The molecule has 0 bridgehead atoms. The summed E-state index contributed by atoms with van der Waals surface area (Å²) in [5.74, 6) is 0.439. The van der Waals surface area contributed by atoms with E-state index in [2.05, 4.69) is 62.2 Å². The quantitative estimate of drug-likeness (QED) is 0.881. The van der Waals surface area contributed by atoms with Gasteiger partial charge in [-0.2, -0.15) is 0 Å². The summed E-state index contributed by atoms with van der Waals surface area (Å²) < 4.78 is 0. The van der Waals surface area contributed by atoms with Gasteiger partial charge in [-0.25, -0.2) is 0 Å². The van der Waals surface area contributed by atoms with Gasteiger partial charge in [-0.05, 0) is 44.0 Å². The lowest BCUT2D eigenvalue weighted by molar-refractivity contribution is 0.830. The number of benzene rings is 1. The van der Waals surface area contributed by atoms with Crippen LogP contribution >= 0.6 is 0 Å². The Bertz CT molecular complexity index is 586. The molecule has 0 unspecified atom stereocenters. The van der Waals surface area contributed by atoms with Crippen molar-refractivity contribution < 1.29 is 0 Å². The number of hydrogen-bond acceptors (Lipinski definition) is 3. The van der Waals surface area contributed by atoms with E-state index in [0.717, 1.165) is 30.0 Å². The van der Waals surface area contributed by atoms with E-state index in [9.17, 15) is 0 Å². The lowest BCUT2D eigenvalue weighted by Crippen LogP contribution is -2.21. The Morgan fingerprint density at radius 3 is 2.40 bits per heavy atom. The average Bonchev–Trinajstić information content (AvgIpc) is 2.47. The Kier molecular flexibility index (Phi) is 4.48. The first-order valence-electron chi connectivity index (χ1n) is 7.48. The van der Waals surface area contributed by atoms with E-state index in [1.165, 1.54) is 11.1 Å². The van der Waals surface area contributed by atoms with E-state index in [0.29, 0.717) is 5.92 Å². The highest BCUT2D eigenvalue weighted by Crippen LogP contribution is 2.29. The third kappa shape index (κ3) is 2.72. The normalized spacial score (nSPS) is 11.1. The molecule has 0 saturated carbocycles. The van der Waals surface area contributed by atoms with Crippen molar-refractivity contribution in [1.82, 2.24) is 4.98 Å². The van der Waals surface area contributed by atoms with Crippen LogP contribution in [-0.4, -0.2) is 25.1 Å². The molecule has 2 rings (SSSR count). The Labute approximate surface area is 122 Å². The van der Waals surface area contributed by atoms with Gasteiger partial charge in [0.2, 0.25) is 0 Å². The van der Waals surface area contributed by atoms with E-state index >= 15 is 0 Å². The van der Waals surface area contributed by atoms with Crippen LogP contribution in [0.5, 0.6) is 0 Å². The molecular weight excluding hydrogens is 246 g/mol. The predicted molar refractivity (Wildman–Crippen MR) is 88.9 cm³/mol. The second kappa shape index (κ2) is 6.12. The second-order valence-electron chi connectivity index (χ2n) is 5.37. The van der Waals surface area contributed by atoms with Gasteiger partial charge in [-0.3, -0.25) is 4.98 Å². The van der Waals surface area contributed by atoms with Gasteiger partial charge in [0.15, 0.2) is 0 Å². The first-order valence-corrected chi connectivity index (χ1v) is 7.48. The van der Waals surface area contributed by atoms with Gasteiger partial charge in [-0.1, -0.05) is 13.8 Å². The molecule has 108 valence electrons. The molecule has 3 nitrogen and oxygen atoms in total. The van der Waals surface area contributed by atoms with Gasteiger partial charge in [0.1, 0.15) is 0 Å². The maximum Gasteiger partial charge on any atom is 0.0727 e. The Hall–Kier alpha value is -1.77. The molecule has 1 heterocycles. The van der Waals surface area contributed by atoms with Crippen molar-refractivity contribution in [3.63, 3.8) is 0 Å². The summed E-state index contributed by atoms with van der Waals surface area (Å²) in [5, 5.41) is 4.50. The van der Waals surface area contributed by atoms with Crippen LogP contribution in [0.25, 0.3) is 10.9 Å². The van der Waals surface area contributed by atoms with E-state index in [-0.39, 0.29) is 0 Å². The van der Waals surface area contributed by atoms with Gasteiger partial charge >= 0.3 is 0 Å². The third-order valence-electron chi connectivity index (χ3n) is 3.80. The lowest BCUT2D eigenvalue weighted by Gasteiger charge is -2.22. The SMILES string of the molecule is CCN(CC)c1ccc2nc(C(C)C)cc(NC)c2c1. The fraction of sp³-hybridized carbons (Fsp3) is 0.471. The fourth-order valence-corrected chi connectivity index (χ4v) is 2.52. The zero-order valence-electron chi connectivity index (χ0n) is 13.2. The second-order valence-corrected chi connectivity index (χ2v) is 5.37. The topological polar surface area (TPSA) is 28.2 Å². The minimum atomic E-state index is 0.439. The van der Waals surface area contributed by atoms with Gasteiger partial charge in [-0.15, -0.1) is 0 Å². The first-order chi connectivity index (χ1) is 9.60. The molecule has 1 N–H and O–H groups in total. The van der Waals surface area contributed by atoms with Crippen molar-refractivity contribution in [2.45, 2.75) is 33.6 Å². The van der Waals surface area contributed by atoms with Crippen molar-refractivity contribution in [1.29, 1.82) is 0 Å². The first kappa shape index (κ1) is 14.6. The van der Waals surface area contributed by atoms with Crippen molar-refractivity contribution in [3.8, 4) is 0 Å². The van der Waals surface area contributed by atoms with E-state index < -0.39 is 0 Å². The number of nitrogens with zero attached hydrogens (tertiary/aromatic N) is 2. The van der Waals surface area contributed by atoms with E-state index in [1.54, 1.807) is 0 Å². The monoisotopic (exact) mass is 271 g/mol. The van der Waals surface area contributed by atoms with Crippen LogP contribution < -0.4 is 10.2 Å². The highest BCUT2D eigenvalue weighted by molar-refractivity contribution is 5.94. The molecule has 0 aliphatic rings. The van der Waals surface area contributed by atoms with Gasteiger partial charge in [0, 0.05) is 42.6 Å². The van der Waals surface area contributed by atoms with Crippen LogP contribution in [0.3, 0.4) is 0 Å². The minimum absolute atomic E-state index is 0.439. The summed E-state index contributed by atoms with van der Waals surface area (Å²) in [7, 11) is 1.98. The largest absolute Gasteiger partial charge is 0.388 e. The summed E-state index contributed by atoms with van der Waals surface area (Å²) in [6.45, 7) is 10.8. The zero-order chi connectivity index (χ0) is 14.7. The van der Waals surface area contributed by atoms with Gasteiger partial charge < -0.3 is 10.2 Å². The number of fused-ring (bicyclic) bond motifs is 1. The molecule has 20 heavy (non-hydrogen) atoms. The van der Waals surface area contributed by atoms with Crippen molar-refractivity contribution >= 4 is 22.3 Å². The van der Waals surface area contributed by atoms with Crippen LogP contribution in [0, 0.1) is 0 Å². The van der Waals surface area contributed by atoms with Crippen LogP contribution in [-0.2, 0) is 0 Å². The summed E-state index contributed by atoms with van der Waals surface area (Å²) in [5.41, 5.74) is 4.62. The summed E-state index contributed by atoms with van der Waals surface area (Å²) >= 11 is 0. The van der Waals surface area contributed by atoms with Crippen molar-refractivity contribution in [2.24, 2.45) is 0 Å². The molecule has 2 aromatic rings. The molecule has 0 aliphatic carbocycles. The van der Waals surface area contributed by atoms with Crippen molar-refractivity contribution in [2.75, 3.05) is 30.4 Å². The molecule has 0 spiro atoms. The van der Waals surface area contributed by atoms with Crippen LogP contribution in [0.1, 0.15) is 39.3 Å². The third-order valence-corrected chi connectivity index (χ3v) is 3.80. The number of anilines is 2. The lowest BCUT2D eigenvalue weighted by atomic mass is 10.1. The molecule has 0 fully saturated rings. The average molecular weight is 271 g/mol. The molecule has 1 aromatic heterocycles. The number of aromatic nitrogens is 1. The Balaban J connectivity index is 2.59.